The molecule has 1 rings (SSSR count). The molecule has 0 saturated heterocycles. The van der Waals surface area contributed by atoms with Crippen molar-refractivity contribution in [1.82, 2.24) is 10.3 Å². The molecule has 0 saturated carbocycles. The van der Waals surface area contributed by atoms with Crippen molar-refractivity contribution in [2.45, 2.75) is 38.7 Å². The van der Waals surface area contributed by atoms with Gasteiger partial charge in [-0.3, -0.25) is 0 Å². The maximum absolute atomic E-state index is 5.67. The van der Waals surface area contributed by atoms with Crippen LogP contribution >= 0.6 is 11.3 Å². The molecule has 0 aromatic carbocycles. The van der Waals surface area contributed by atoms with E-state index in [9.17, 15) is 0 Å². The first-order valence-electron chi connectivity index (χ1n) is 5.87. The van der Waals surface area contributed by atoms with E-state index in [0.29, 0.717) is 0 Å². The quantitative estimate of drug-likeness (QED) is 0.798. The number of nitrogens with zero attached hydrogens (tertiary/aromatic N) is 1. The molecule has 0 unspecified atom stereocenters. The number of ether oxygens (including phenoxy) is 1. The molecule has 0 amide bonds. The third kappa shape index (κ3) is 2.81. The van der Waals surface area contributed by atoms with Crippen LogP contribution in [0.4, 0.5) is 0 Å². The monoisotopic (exact) mass is 242 g/mol. The first kappa shape index (κ1) is 13.6. The number of methoxy groups -OCH3 is 1. The summed E-state index contributed by atoms with van der Waals surface area (Å²) in [6.07, 6.45) is 2.93. The van der Waals surface area contributed by atoms with Gasteiger partial charge in [-0.15, -0.1) is 11.3 Å². The molecule has 0 spiro atoms. The topological polar surface area (TPSA) is 34.1 Å². The number of likely N-dealkylation sites (N-methyl/N-ethyl adjacent to an activating group) is 1. The van der Waals surface area contributed by atoms with Gasteiger partial charge in [0.1, 0.15) is 10.6 Å². The highest BCUT2D eigenvalue weighted by Crippen LogP contribution is 2.34. The lowest BCUT2D eigenvalue weighted by atomic mass is 9.98. The molecule has 0 atom stereocenters. The van der Waals surface area contributed by atoms with Crippen LogP contribution in [-0.2, 0) is 16.8 Å². The summed E-state index contributed by atoms with van der Waals surface area (Å²) in [5, 5.41) is 6.40. The van der Waals surface area contributed by atoms with Gasteiger partial charge in [0, 0.05) is 25.5 Å². The van der Waals surface area contributed by atoms with Gasteiger partial charge in [0.15, 0.2) is 0 Å². The van der Waals surface area contributed by atoms with Crippen LogP contribution in [0, 0.1) is 0 Å². The average molecular weight is 242 g/mol. The van der Waals surface area contributed by atoms with Crippen molar-refractivity contribution in [3.05, 3.63) is 16.1 Å². The van der Waals surface area contributed by atoms with Gasteiger partial charge in [-0.25, -0.2) is 4.98 Å². The largest absolute Gasteiger partial charge is 0.371 e. The molecule has 1 aromatic heterocycles. The van der Waals surface area contributed by atoms with Gasteiger partial charge in [0.25, 0.3) is 0 Å². The van der Waals surface area contributed by atoms with E-state index in [0.717, 1.165) is 36.5 Å². The molecule has 0 aliphatic heterocycles. The number of rotatable bonds is 7. The molecule has 16 heavy (non-hydrogen) atoms. The Bertz CT molecular complexity index is 299. The van der Waals surface area contributed by atoms with Crippen LogP contribution in [0.2, 0.25) is 0 Å². The second-order valence-electron chi connectivity index (χ2n) is 3.90. The van der Waals surface area contributed by atoms with Gasteiger partial charge in [-0.2, -0.15) is 0 Å². The van der Waals surface area contributed by atoms with Crippen LogP contribution in [0.5, 0.6) is 0 Å². The summed E-state index contributed by atoms with van der Waals surface area (Å²) < 4.78 is 5.67. The normalized spacial score (nSPS) is 12.0. The third-order valence-electron chi connectivity index (χ3n) is 3.11. The summed E-state index contributed by atoms with van der Waals surface area (Å²) in [6, 6.07) is 0. The fourth-order valence-electron chi connectivity index (χ4n) is 1.81. The second kappa shape index (κ2) is 6.33. The molecule has 4 heteroatoms. The summed E-state index contributed by atoms with van der Waals surface area (Å²) >= 11 is 1.72. The van der Waals surface area contributed by atoms with Gasteiger partial charge in [0.2, 0.25) is 0 Å². The first-order valence-corrected chi connectivity index (χ1v) is 6.75. The molecule has 1 heterocycles. The highest BCUT2D eigenvalue weighted by atomic mass is 32.1. The Morgan fingerprint density at radius 1 is 1.44 bits per heavy atom. The van der Waals surface area contributed by atoms with Gasteiger partial charge < -0.3 is 10.1 Å². The molecule has 0 aliphatic carbocycles. The molecule has 0 aliphatic rings. The van der Waals surface area contributed by atoms with E-state index >= 15 is 0 Å². The van der Waals surface area contributed by atoms with Gasteiger partial charge in [0.05, 0.1) is 5.69 Å². The van der Waals surface area contributed by atoms with Crippen molar-refractivity contribution < 1.29 is 4.74 Å². The van der Waals surface area contributed by atoms with E-state index in [1.807, 2.05) is 7.05 Å². The Balaban J connectivity index is 2.81. The number of hydrogen-bond donors (Lipinski definition) is 1. The van der Waals surface area contributed by atoms with Crippen molar-refractivity contribution in [3.63, 3.8) is 0 Å². The Kier molecular flexibility index (Phi) is 5.38. The highest BCUT2D eigenvalue weighted by molar-refractivity contribution is 7.09. The Hall–Kier alpha value is -0.450. The molecular weight excluding hydrogens is 220 g/mol. The Morgan fingerprint density at radius 2 is 2.12 bits per heavy atom. The second-order valence-corrected chi connectivity index (χ2v) is 4.76. The molecule has 0 fully saturated rings. The molecule has 92 valence electrons. The summed E-state index contributed by atoms with van der Waals surface area (Å²) in [7, 11) is 3.74. The van der Waals surface area contributed by atoms with E-state index in [1.165, 1.54) is 0 Å². The zero-order valence-electron chi connectivity index (χ0n) is 10.7. The lowest BCUT2D eigenvalue weighted by molar-refractivity contribution is -0.0219. The average Bonchev–Trinajstić information content (AvgIpc) is 2.79. The van der Waals surface area contributed by atoms with Crippen LogP contribution in [-0.4, -0.2) is 25.7 Å². The number of aromatic nitrogens is 1. The predicted octanol–water partition coefficient (Wildman–Crippen LogP) is 2.57. The minimum atomic E-state index is -0.178. The number of hydrogen-bond acceptors (Lipinski definition) is 4. The molecule has 3 nitrogen and oxygen atoms in total. The highest BCUT2D eigenvalue weighted by Gasteiger charge is 2.31. The zero-order chi connectivity index (χ0) is 12.0. The van der Waals surface area contributed by atoms with E-state index < -0.39 is 0 Å². The van der Waals surface area contributed by atoms with Crippen molar-refractivity contribution in [1.29, 1.82) is 0 Å². The van der Waals surface area contributed by atoms with Crippen LogP contribution in [0.1, 0.15) is 37.4 Å². The van der Waals surface area contributed by atoms with E-state index in [-0.39, 0.29) is 5.60 Å². The van der Waals surface area contributed by atoms with Gasteiger partial charge in [-0.05, 0) is 19.9 Å². The lowest BCUT2D eigenvalue weighted by Gasteiger charge is -2.27. The fraction of sp³-hybridized carbons (Fsp3) is 0.750. The Morgan fingerprint density at radius 3 is 2.62 bits per heavy atom. The number of thiazole rings is 1. The minimum Gasteiger partial charge on any atom is -0.371 e. The SMILES string of the molecule is CCC(CC)(OC)c1nc(CCNC)cs1. The van der Waals surface area contributed by atoms with Crippen molar-refractivity contribution in [2.24, 2.45) is 0 Å². The zero-order valence-corrected chi connectivity index (χ0v) is 11.5. The van der Waals surface area contributed by atoms with Crippen LogP contribution in [0.25, 0.3) is 0 Å². The van der Waals surface area contributed by atoms with E-state index in [2.05, 4.69) is 29.5 Å². The third-order valence-corrected chi connectivity index (χ3v) is 4.18. The summed E-state index contributed by atoms with van der Waals surface area (Å²) in [5.41, 5.74) is 0.986. The molecule has 0 bridgehead atoms. The molecule has 1 aromatic rings. The minimum absolute atomic E-state index is 0.178. The fourth-order valence-corrected chi connectivity index (χ4v) is 2.99. The summed E-state index contributed by atoms with van der Waals surface area (Å²) in [6.45, 7) is 5.28. The van der Waals surface area contributed by atoms with E-state index in [4.69, 9.17) is 4.74 Å². The maximum atomic E-state index is 5.67. The van der Waals surface area contributed by atoms with Gasteiger partial charge >= 0.3 is 0 Å². The van der Waals surface area contributed by atoms with Gasteiger partial charge in [-0.1, -0.05) is 13.8 Å². The maximum Gasteiger partial charge on any atom is 0.125 e. The number of nitrogens with one attached hydrogen (secondary N) is 1. The van der Waals surface area contributed by atoms with Crippen LogP contribution in [0.15, 0.2) is 5.38 Å². The first-order chi connectivity index (χ1) is 7.72. The predicted molar refractivity (Wildman–Crippen MR) is 69.0 cm³/mol. The smallest absolute Gasteiger partial charge is 0.125 e. The summed E-state index contributed by atoms with van der Waals surface area (Å²) in [4.78, 5) is 4.69. The molecular formula is C12H22N2OS. The Labute approximate surface area is 102 Å². The molecule has 1 N–H and O–H groups in total. The van der Waals surface area contributed by atoms with Crippen LogP contribution in [0.3, 0.4) is 0 Å². The van der Waals surface area contributed by atoms with Crippen molar-refractivity contribution >= 4 is 11.3 Å². The van der Waals surface area contributed by atoms with Crippen LogP contribution < -0.4 is 5.32 Å². The van der Waals surface area contributed by atoms with Crippen molar-refractivity contribution in [2.75, 3.05) is 20.7 Å². The van der Waals surface area contributed by atoms with Crippen molar-refractivity contribution in [3.8, 4) is 0 Å². The lowest BCUT2D eigenvalue weighted by Crippen LogP contribution is -2.26. The molecule has 0 radical (unpaired) electrons. The standard InChI is InChI=1S/C12H22N2OS/c1-5-12(6-2,15-4)11-14-10(9-16-11)7-8-13-3/h9,13H,5-8H2,1-4H3. The van der Waals surface area contributed by atoms with E-state index in [1.54, 1.807) is 18.4 Å². The summed E-state index contributed by atoms with van der Waals surface area (Å²) in [5.74, 6) is 0.